The Kier molecular flexibility index (Phi) is 4.12. The number of aliphatic hydroxyl groups excluding tert-OH is 1. The van der Waals surface area contributed by atoms with E-state index in [4.69, 9.17) is 5.11 Å². The summed E-state index contributed by atoms with van der Waals surface area (Å²) in [5, 5.41) is 11.3. The molecule has 2 N–H and O–H groups in total. The molecule has 0 saturated carbocycles. The van der Waals surface area contributed by atoms with Crippen LogP contribution in [0.15, 0.2) is 12.5 Å². The lowest BCUT2D eigenvalue weighted by atomic mass is 10.3. The summed E-state index contributed by atoms with van der Waals surface area (Å²) in [6.45, 7) is 0.711. The molecule has 14 heavy (non-hydrogen) atoms. The number of hydrogen-bond acceptors (Lipinski definition) is 3. The third kappa shape index (κ3) is 3.18. The molecule has 1 amide bonds. The molecule has 0 aliphatic heterocycles. The van der Waals surface area contributed by atoms with Crippen molar-refractivity contribution in [3.05, 3.63) is 18.2 Å². The number of nitrogens with one attached hydrogen (secondary N) is 1. The lowest BCUT2D eigenvalue weighted by Crippen LogP contribution is -2.17. The van der Waals surface area contributed by atoms with Crippen LogP contribution in [0.2, 0.25) is 0 Å². The van der Waals surface area contributed by atoms with Crippen LogP contribution in [-0.2, 0) is 17.9 Å². The van der Waals surface area contributed by atoms with Crippen molar-refractivity contribution in [1.29, 1.82) is 0 Å². The van der Waals surface area contributed by atoms with E-state index in [1.807, 2.05) is 4.57 Å². The topological polar surface area (TPSA) is 67.2 Å². The number of imidazole rings is 1. The molecule has 78 valence electrons. The lowest BCUT2D eigenvalue weighted by Gasteiger charge is -2.00. The Labute approximate surface area is 82.8 Å². The van der Waals surface area contributed by atoms with E-state index in [2.05, 4.69) is 10.3 Å². The molecule has 1 aromatic heterocycles. The van der Waals surface area contributed by atoms with Crippen molar-refractivity contribution in [3.8, 4) is 0 Å². The second kappa shape index (κ2) is 5.39. The number of hydrogen-bond donors (Lipinski definition) is 2. The number of aromatic nitrogens is 2. The lowest BCUT2D eigenvalue weighted by molar-refractivity contribution is -0.120. The predicted octanol–water partition coefficient (Wildman–Crippen LogP) is -0.0984. The molecular weight excluding hydrogens is 182 g/mol. The minimum atomic E-state index is -0.0392. The monoisotopic (exact) mass is 197 g/mol. The number of aryl methyl sites for hydroxylation is 1. The molecule has 1 rings (SSSR count). The van der Waals surface area contributed by atoms with Gasteiger partial charge in [-0.2, -0.15) is 0 Å². The second-order valence-corrected chi connectivity index (χ2v) is 3.04. The summed E-state index contributed by atoms with van der Waals surface area (Å²) >= 11 is 0. The Balaban J connectivity index is 2.27. The van der Waals surface area contributed by atoms with Crippen molar-refractivity contribution in [2.45, 2.75) is 26.0 Å². The summed E-state index contributed by atoms with van der Waals surface area (Å²) in [6, 6.07) is 0. The number of carbonyl (C=O) groups is 1. The van der Waals surface area contributed by atoms with E-state index in [0.29, 0.717) is 12.1 Å². The number of carbonyl (C=O) groups excluding carboxylic acids is 1. The van der Waals surface area contributed by atoms with E-state index >= 15 is 0 Å². The third-order valence-electron chi connectivity index (χ3n) is 1.95. The first kappa shape index (κ1) is 10.7. The molecule has 1 heterocycles. The predicted molar refractivity (Wildman–Crippen MR) is 51.5 cm³/mol. The summed E-state index contributed by atoms with van der Waals surface area (Å²) in [7, 11) is 1.63. The average Bonchev–Trinajstić information content (AvgIpc) is 2.65. The van der Waals surface area contributed by atoms with Crippen LogP contribution in [0.1, 0.15) is 18.5 Å². The molecule has 0 aromatic carbocycles. The van der Waals surface area contributed by atoms with E-state index in [0.717, 1.165) is 13.0 Å². The number of rotatable bonds is 5. The van der Waals surface area contributed by atoms with Gasteiger partial charge in [0.15, 0.2) is 0 Å². The summed E-state index contributed by atoms with van der Waals surface area (Å²) < 4.78 is 1.87. The summed E-state index contributed by atoms with van der Waals surface area (Å²) in [4.78, 5) is 14.9. The van der Waals surface area contributed by atoms with Crippen LogP contribution >= 0.6 is 0 Å². The van der Waals surface area contributed by atoms with Gasteiger partial charge in [-0.1, -0.05) is 0 Å². The Morgan fingerprint density at radius 3 is 3.07 bits per heavy atom. The third-order valence-corrected chi connectivity index (χ3v) is 1.95. The summed E-state index contributed by atoms with van der Waals surface area (Å²) in [6.07, 6.45) is 4.74. The van der Waals surface area contributed by atoms with Gasteiger partial charge in [0.05, 0.1) is 18.6 Å². The van der Waals surface area contributed by atoms with Crippen LogP contribution in [0.3, 0.4) is 0 Å². The van der Waals surface area contributed by atoms with Crippen molar-refractivity contribution < 1.29 is 9.90 Å². The Hall–Kier alpha value is -1.36. The first-order chi connectivity index (χ1) is 6.76. The SMILES string of the molecule is CNC(=O)CCCn1cnc(CO)c1. The van der Waals surface area contributed by atoms with Crippen molar-refractivity contribution in [1.82, 2.24) is 14.9 Å². The largest absolute Gasteiger partial charge is 0.390 e. The molecule has 0 fully saturated rings. The van der Waals surface area contributed by atoms with E-state index in [9.17, 15) is 4.79 Å². The van der Waals surface area contributed by atoms with Crippen LogP contribution in [0.25, 0.3) is 0 Å². The molecule has 0 aliphatic carbocycles. The quantitative estimate of drug-likeness (QED) is 0.692. The van der Waals surface area contributed by atoms with Crippen LogP contribution in [0.5, 0.6) is 0 Å². The van der Waals surface area contributed by atoms with Gasteiger partial charge >= 0.3 is 0 Å². The van der Waals surface area contributed by atoms with E-state index < -0.39 is 0 Å². The van der Waals surface area contributed by atoms with Gasteiger partial charge in [0.25, 0.3) is 0 Å². The maximum Gasteiger partial charge on any atom is 0.219 e. The number of aliphatic hydroxyl groups is 1. The van der Waals surface area contributed by atoms with Crippen molar-refractivity contribution in [2.75, 3.05) is 7.05 Å². The maximum absolute atomic E-state index is 10.9. The second-order valence-electron chi connectivity index (χ2n) is 3.04. The molecule has 0 spiro atoms. The van der Waals surface area contributed by atoms with Gasteiger partial charge in [-0.25, -0.2) is 4.98 Å². The highest BCUT2D eigenvalue weighted by Gasteiger charge is 1.99. The van der Waals surface area contributed by atoms with E-state index in [-0.39, 0.29) is 12.5 Å². The summed E-state index contributed by atoms with van der Waals surface area (Å²) in [5.74, 6) is 0.0486. The van der Waals surface area contributed by atoms with Gasteiger partial charge in [0.2, 0.25) is 5.91 Å². The van der Waals surface area contributed by atoms with Crippen molar-refractivity contribution in [3.63, 3.8) is 0 Å². The molecule has 5 heteroatoms. The zero-order valence-electron chi connectivity index (χ0n) is 8.23. The smallest absolute Gasteiger partial charge is 0.219 e. The maximum atomic E-state index is 10.9. The van der Waals surface area contributed by atoms with Crippen LogP contribution in [0.4, 0.5) is 0 Å². The van der Waals surface area contributed by atoms with E-state index in [1.54, 1.807) is 19.6 Å². The highest BCUT2D eigenvalue weighted by Crippen LogP contribution is 1.99. The first-order valence-corrected chi connectivity index (χ1v) is 4.58. The normalized spacial score (nSPS) is 10.1. The minimum Gasteiger partial charge on any atom is -0.390 e. The van der Waals surface area contributed by atoms with Gasteiger partial charge in [0, 0.05) is 26.2 Å². The highest BCUT2D eigenvalue weighted by atomic mass is 16.3. The van der Waals surface area contributed by atoms with Crippen LogP contribution < -0.4 is 5.32 Å². The van der Waals surface area contributed by atoms with Crippen molar-refractivity contribution >= 4 is 5.91 Å². The Morgan fingerprint density at radius 2 is 2.50 bits per heavy atom. The van der Waals surface area contributed by atoms with Crippen LogP contribution in [-0.4, -0.2) is 27.6 Å². The fourth-order valence-electron chi connectivity index (χ4n) is 1.16. The zero-order valence-corrected chi connectivity index (χ0v) is 8.23. The Bertz CT molecular complexity index is 296. The summed E-state index contributed by atoms with van der Waals surface area (Å²) in [5.41, 5.74) is 0.657. The van der Waals surface area contributed by atoms with Crippen molar-refractivity contribution in [2.24, 2.45) is 0 Å². The molecule has 0 radical (unpaired) electrons. The van der Waals surface area contributed by atoms with Gasteiger partial charge < -0.3 is 15.0 Å². The first-order valence-electron chi connectivity index (χ1n) is 4.58. The molecule has 0 saturated heterocycles. The fraction of sp³-hybridized carbons (Fsp3) is 0.556. The Morgan fingerprint density at radius 1 is 1.71 bits per heavy atom. The molecule has 0 atom stereocenters. The van der Waals surface area contributed by atoms with Gasteiger partial charge in [-0.15, -0.1) is 0 Å². The van der Waals surface area contributed by atoms with E-state index in [1.165, 1.54) is 0 Å². The molecule has 0 unspecified atom stereocenters. The van der Waals surface area contributed by atoms with Crippen LogP contribution in [0, 0.1) is 0 Å². The highest BCUT2D eigenvalue weighted by molar-refractivity contribution is 5.75. The van der Waals surface area contributed by atoms with Gasteiger partial charge in [0.1, 0.15) is 0 Å². The molecule has 5 nitrogen and oxygen atoms in total. The number of nitrogens with zero attached hydrogens (tertiary/aromatic N) is 2. The molecule has 1 aromatic rings. The van der Waals surface area contributed by atoms with Gasteiger partial charge in [-0.3, -0.25) is 4.79 Å². The molecule has 0 bridgehead atoms. The van der Waals surface area contributed by atoms with Gasteiger partial charge in [-0.05, 0) is 6.42 Å². The zero-order chi connectivity index (χ0) is 10.4. The molecule has 0 aliphatic rings. The molecular formula is C9H15N3O2. The fourth-order valence-corrected chi connectivity index (χ4v) is 1.16. The number of amides is 1. The minimum absolute atomic E-state index is 0.0392. The average molecular weight is 197 g/mol. The standard InChI is InChI=1S/C9H15N3O2/c1-10-9(14)3-2-4-12-5-8(6-13)11-7-12/h5,7,13H,2-4,6H2,1H3,(H,10,14).